The van der Waals surface area contributed by atoms with Crippen LogP contribution in [0.4, 0.5) is 0 Å². The Morgan fingerprint density at radius 3 is 2.94 bits per heavy atom. The average molecular weight is 288 g/mol. The van der Waals surface area contributed by atoms with Crippen molar-refractivity contribution >= 4 is 23.2 Å². The average Bonchev–Trinajstić information content (AvgIpc) is 2.88. The van der Waals surface area contributed by atoms with Crippen LogP contribution in [-0.4, -0.2) is 25.3 Å². The third-order valence-electron chi connectivity index (χ3n) is 3.35. The second-order valence-corrected chi connectivity index (χ2v) is 5.42. The number of hydrogen-bond donors (Lipinski definition) is 1. The second kappa shape index (κ2) is 6.76. The van der Waals surface area contributed by atoms with Gasteiger partial charge in [-0.1, -0.05) is 42.3 Å². The molecule has 0 radical (unpaired) electrons. The van der Waals surface area contributed by atoms with Crippen molar-refractivity contribution in [1.29, 1.82) is 0 Å². The Morgan fingerprint density at radius 1 is 1.44 bits per heavy atom. The fourth-order valence-corrected chi connectivity index (χ4v) is 2.86. The molecule has 0 spiro atoms. The molecule has 0 bridgehead atoms. The summed E-state index contributed by atoms with van der Waals surface area (Å²) in [7, 11) is 0. The third-order valence-corrected chi connectivity index (χ3v) is 4.21. The van der Waals surface area contributed by atoms with E-state index in [9.17, 15) is 0 Å². The maximum absolute atomic E-state index is 6.24. The van der Waals surface area contributed by atoms with Crippen LogP contribution in [0.5, 0.6) is 0 Å². The van der Waals surface area contributed by atoms with Crippen molar-refractivity contribution < 1.29 is 4.74 Å². The molecule has 2 rings (SSSR count). The van der Waals surface area contributed by atoms with E-state index in [2.05, 4.69) is 12.2 Å². The van der Waals surface area contributed by atoms with E-state index in [1.165, 1.54) is 0 Å². The molecule has 2 nitrogen and oxygen atoms in total. The Morgan fingerprint density at radius 2 is 2.28 bits per heavy atom. The second-order valence-electron chi connectivity index (χ2n) is 4.63. The molecule has 1 aliphatic heterocycles. The van der Waals surface area contributed by atoms with E-state index in [0.717, 1.165) is 38.0 Å². The molecule has 1 aromatic carbocycles. The summed E-state index contributed by atoms with van der Waals surface area (Å²) >= 11 is 12.3. The lowest BCUT2D eigenvalue weighted by Gasteiger charge is -2.24. The molecule has 2 unspecified atom stereocenters. The van der Waals surface area contributed by atoms with Gasteiger partial charge in [0.25, 0.3) is 0 Å². The summed E-state index contributed by atoms with van der Waals surface area (Å²) in [5, 5.41) is 4.78. The zero-order valence-corrected chi connectivity index (χ0v) is 12.1. The largest absolute Gasteiger partial charge is 0.377 e. The molecule has 0 aliphatic carbocycles. The lowest BCUT2D eigenvalue weighted by atomic mass is 9.99. The Bertz CT molecular complexity index is 391. The Balaban J connectivity index is 2.10. The predicted octanol–water partition coefficient (Wildman–Crippen LogP) is 3.69. The van der Waals surface area contributed by atoms with Gasteiger partial charge in [0.15, 0.2) is 0 Å². The van der Waals surface area contributed by atoms with Crippen molar-refractivity contribution in [2.45, 2.75) is 38.3 Å². The van der Waals surface area contributed by atoms with E-state index in [-0.39, 0.29) is 0 Å². The molecule has 1 N–H and O–H groups in total. The number of likely N-dealkylation sites (N-methyl/N-ethyl adjacent to an activating group) is 1. The summed E-state index contributed by atoms with van der Waals surface area (Å²) in [4.78, 5) is 0. The normalized spacial score (nSPS) is 21.2. The highest BCUT2D eigenvalue weighted by Gasteiger charge is 2.26. The molecular formula is C14H19Cl2NO. The number of halogens is 2. The maximum Gasteiger partial charge on any atom is 0.0732 e. The highest BCUT2D eigenvalue weighted by Crippen LogP contribution is 2.28. The fraction of sp³-hybridized carbons (Fsp3) is 0.571. The van der Waals surface area contributed by atoms with Crippen molar-refractivity contribution in [2.24, 2.45) is 0 Å². The van der Waals surface area contributed by atoms with Gasteiger partial charge in [-0.25, -0.2) is 0 Å². The fourth-order valence-electron chi connectivity index (χ4n) is 2.46. The van der Waals surface area contributed by atoms with E-state index in [1.807, 2.05) is 18.2 Å². The summed E-state index contributed by atoms with van der Waals surface area (Å²) in [5.41, 5.74) is 1.09. The molecule has 4 heteroatoms. The SMILES string of the molecule is CCNC(Cc1cccc(Cl)c1Cl)C1CCCO1. The van der Waals surface area contributed by atoms with Gasteiger partial charge in [-0.2, -0.15) is 0 Å². The van der Waals surface area contributed by atoms with Crippen LogP contribution in [-0.2, 0) is 11.2 Å². The van der Waals surface area contributed by atoms with Gasteiger partial charge < -0.3 is 10.1 Å². The first-order valence-corrected chi connectivity index (χ1v) is 7.26. The zero-order valence-electron chi connectivity index (χ0n) is 10.6. The van der Waals surface area contributed by atoms with Gasteiger partial charge in [0.05, 0.1) is 16.1 Å². The molecule has 1 aromatic rings. The van der Waals surface area contributed by atoms with Crippen molar-refractivity contribution in [3.63, 3.8) is 0 Å². The molecule has 1 saturated heterocycles. The highest BCUT2D eigenvalue weighted by atomic mass is 35.5. The minimum Gasteiger partial charge on any atom is -0.377 e. The summed E-state index contributed by atoms with van der Waals surface area (Å²) in [6.07, 6.45) is 3.42. The van der Waals surface area contributed by atoms with Crippen LogP contribution in [0.1, 0.15) is 25.3 Å². The molecule has 1 heterocycles. The van der Waals surface area contributed by atoms with Crippen molar-refractivity contribution in [1.82, 2.24) is 5.32 Å². The standard InChI is InChI=1S/C14H19Cl2NO/c1-2-17-12(13-7-4-8-18-13)9-10-5-3-6-11(15)14(10)16/h3,5-6,12-13,17H,2,4,7-9H2,1H3. The molecule has 0 saturated carbocycles. The highest BCUT2D eigenvalue weighted by molar-refractivity contribution is 6.42. The first-order valence-electron chi connectivity index (χ1n) is 6.50. The smallest absolute Gasteiger partial charge is 0.0732 e. The van der Waals surface area contributed by atoms with Gasteiger partial charge >= 0.3 is 0 Å². The van der Waals surface area contributed by atoms with Crippen molar-refractivity contribution in [3.8, 4) is 0 Å². The Hall–Kier alpha value is -0.280. The summed E-state index contributed by atoms with van der Waals surface area (Å²) in [6, 6.07) is 6.12. The van der Waals surface area contributed by atoms with E-state index in [4.69, 9.17) is 27.9 Å². The molecule has 100 valence electrons. The van der Waals surface area contributed by atoms with E-state index in [0.29, 0.717) is 22.2 Å². The predicted molar refractivity (Wildman–Crippen MR) is 76.6 cm³/mol. The maximum atomic E-state index is 6.24. The van der Waals surface area contributed by atoms with Crippen LogP contribution in [0.3, 0.4) is 0 Å². The van der Waals surface area contributed by atoms with Crippen molar-refractivity contribution in [2.75, 3.05) is 13.2 Å². The number of nitrogens with one attached hydrogen (secondary N) is 1. The zero-order chi connectivity index (χ0) is 13.0. The minimum absolute atomic E-state index is 0.292. The van der Waals surface area contributed by atoms with Gasteiger partial charge in [-0.05, 0) is 37.4 Å². The summed E-state index contributed by atoms with van der Waals surface area (Å²) in [6.45, 7) is 3.92. The van der Waals surface area contributed by atoms with Gasteiger partial charge in [-0.3, -0.25) is 0 Å². The lowest BCUT2D eigenvalue weighted by Crippen LogP contribution is -2.41. The molecule has 0 amide bonds. The number of rotatable bonds is 5. The van der Waals surface area contributed by atoms with Gasteiger partial charge in [0.1, 0.15) is 0 Å². The van der Waals surface area contributed by atoms with Crippen LogP contribution < -0.4 is 5.32 Å². The molecule has 1 fully saturated rings. The quantitative estimate of drug-likeness (QED) is 0.892. The molecule has 0 aromatic heterocycles. The van der Waals surface area contributed by atoms with Gasteiger partial charge in [0, 0.05) is 12.6 Å². The topological polar surface area (TPSA) is 21.3 Å². The van der Waals surface area contributed by atoms with Crippen LogP contribution in [0, 0.1) is 0 Å². The Labute approximate surface area is 119 Å². The third kappa shape index (κ3) is 3.39. The molecule has 1 aliphatic rings. The van der Waals surface area contributed by atoms with Gasteiger partial charge in [-0.15, -0.1) is 0 Å². The van der Waals surface area contributed by atoms with Crippen LogP contribution in [0.15, 0.2) is 18.2 Å². The van der Waals surface area contributed by atoms with E-state index < -0.39 is 0 Å². The van der Waals surface area contributed by atoms with Crippen LogP contribution >= 0.6 is 23.2 Å². The summed E-state index contributed by atoms with van der Waals surface area (Å²) in [5.74, 6) is 0. The van der Waals surface area contributed by atoms with Gasteiger partial charge in [0.2, 0.25) is 0 Å². The summed E-state index contributed by atoms with van der Waals surface area (Å²) < 4.78 is 5.77. The van der Waals surface area contributed by atoms with Crippen LogP contribution in [0.2, 0.25) is 10.0 Å². The van der Waals surface area contributed by atoms with Crippen LogP contribution in [0.25, 0.3) is 0 Å². The first kappa shape index (κ1) is 14.1. The number of hydrogen-bond acceptors (Lipinski definition) is 2. The number of benzene rings is 1. The molecule has 18 heavy (non-hydrogen) atoms. The Kier molecular flexibility index (Phi) is 5.31. The van der Waals surface area contributed by atoms with E-state index in [1.54, 1.807) is 0 Å². The lowest BCUT2D eigenvalue weighted by molar-refractivity contribution is 0.0789. The minimum atomic E-state index is 0.292. The first-order chi connectivity index (χ1) is 8.72. The van der Waals surface area contributed by atoms with E-state index >= 15 is 0 Å². The van der Waals surface area contributed by atoms with Crippen molar-refractivity contribution in [3.05, 3.63) is 33.8 Å². The molecular weight excluding hydrogens is 269 g/mol. The number of ether oxygens (including phenoxy) is 1. The monoisotopic (exact) mass is 287 g/mol. The molecule has 2 atom stereocenters.